The van der Waals surface area contributed by atoms with Crippen LogP contribution in [0.2, 0.25) is 0 Å². The number of hydrogen-bond donors (Lipinski definition) is 4. The zero-order valence-corrected chi connectivity index (χ0v) is 6.87. The number of hydrogen-bond acceptors (Lipinski definition) is 3. The van der Waals surface area contributed by atoms with Gasteiger partial charge in [-0.25, -0.2) is 5.84 Å². The van der Waals surface area contributed by atoms with Crippen molar-refractivity contribution in [2.45, 2.75) is 0 Å². The van der Waals surface area contributed by atoms with Gasteiger partial charge in [-0.15, -0.1) is 0 Å². The summed E-state index contributed by atoms with van der Waals surface area (Å²) in [5, 5.41) is 7.20. The molecule has 0 aliphatic heterocycles. The first-order chi connectivity index (χ1) is 6.16. The third-order valence-electron chi connectivity index (χ3n) is 1.59. The maximum absolute atomic E-state index is 11.2. The Labute approximate surface area is 75.2 Å². The molecule has 0 heterocycles. The predicted molar refractivity (Wildman–Crippen MR) is 49.1 cm³/mol. The summed E-state index contributed by atoms with van der Waals surface area (Å²) in [6.45, 7) is 0. The average molecular weight is 178 g/mol. The molecule has 0 unspecified atom stereocenters. The molecule has 1 aromatic carbocycles. The lowest BCUT2D eigenvalue weighted by Gasteiger charge is -2.05. The summed E-state index contributed by atoms with van der Waals surface area (Å²) in [6.07, 6.45) is 0. The summed E-state index contributed by atoms with van der Waals surface area (Å²) >= 11 is 0. The Morgan fingerprint density at radius 1 is 1.31 bits per heavy atom. The molecule has 1 amide bonds. The van der Waals surface area contributed by atoms with Crippen LogP contribution in [-0.4, -0.2) is 11.7 Å². The number of carbonyl (C=O) groups excluding carboxylic acids is 1. The third kappa shape index (κ3) is 1.83. The van der Waals surface area contributed by atoms with Gasteiger partial charge in [-0.3, -0.25) is 15.6 Å². The van der Waals surface area contributed by atoms with Crippen LogP contribution in [0.1, 0.15) is 15.9 Å². The van der Waals surface area contributed by atoms with Crippen LogP contribution in [0.5, 0.6) is 0 Å². The van der Waals surface area contributed by atoms with Crippen molar-refractivity contribution in [1.29, 1.82) is 5.41 Å². The van der Waals surface area contributed by atoms with Crippen molar-refractivity contribution in [3.63, 3.8) is 0 Å². The van der Waals surface area contributed by atoms with E-state index in [1.165, 1.54) is 0 Å². The van der Waals surface area contributed by atoms with Gasteiger partial charge in [0.25, 0.3) is 5.91 Å². The number of rotatable bonds is 2. The second-order valence-corrected chi connectivity index (χ2v) is 2.43. The Balaban J connectivity index is 3.19. The summed E-state index contributed by atoms with van der Waals surface area (Å²) in [5.41, 5.74) is 7.94. The Hall–Kier alpha value is -1.88. The molecule has 5 heteroatoms. The fourth-order valence-corrected chi connectivity index (χ4v) is 0.994. The largest absolute Gasteiger partial charge is 0.384 e. The van der Waals surface area contributed by atoms with Crippen molar-refractivity contribution in [3.05, 3.63) is 35.4 Å². The van der Waals surface area contributed by atoms with E-state index in [1.54, 1.807) is 24.3 Å². The minimum Gasteiger partial charge on any atom is -0.384 e. The van der Waals surface area contributed by atoms with E-state index in [2.05, 4.69) is 0 Å². The van der Waals surface area contributed by atoms with Gasteiger partial charge in [-0.1, -0.05) is 18.2 Å². The first-order valence-electron chi connectivity index (χ1n) is 3.61. The van der Waals surface area contributed by atoms with E-state index in [0.29, 0.717) is 11.1 Å². The number of carbonyl (C=O) groups is 1. The summed E-state index contributed by atoms with van der Waals surface area (Å²) in [7, 11) is 0. The Kier molecular flexibility index (Phi) is 2.61. The summed E-state index contributed by atoms with van der Waals surface area (Å²) in [6, 6.07) is 6.52. The van der Waals surface area contributed by atoms with Crippen molar-refractivity contribution >= 4 is 11.7 Å². The van der Waals surface area contributed by atoms with E-state index in [9.17, 15) is 4.79 Å². The summed E-state index contributed by atoms with van der Waals surface area (Å²) in [5.74, 6) is 4.36. The van der Waals surface area contributed by atoms with Gasteiger partial charge in [0.05, 0.1) is 5.56 Å². The SMILES string of the molecule is N=C(N)c1ccccc1C(=O)NN. The maximum Gasteiger partial charge on any atom is 0.265 e. The van der Waals surface area contributed by atoms with E-state index < -0.39 is 5.91 Å². The fraction of sp³-hybridized carbons (Fsp3) is 0. The van der Waals surface area contributed by atoms with Gasteiger partial charge >= 0.3 is 0 Å². The van der Waals surface area contributed by atoms with Crippen LogP contribution in [-0.2, 0) is 0 Å². The van der Waals surface area contributed by atoms with E-state index in [0.717, 1.165) is 0 Å². The van der Waals surface area contributed by atoms with Gasteiger partial charge in [0, 0.05) is 5.56 Å². The number of nitrogens with one attached hydrogen (secondary N) is 2. The predicted octanol–water partition coefficient (Wildman–Crippen LogP) is -0.426. The molecule has 0 saturated heterocycles. The molecule has 6 N–H and O–H groups in total. The molecule has 0 aromatic heterocycles. The standard InChI is InChI=1S/C8H10N4O/c9-7(10)5-3-1-2-4-6(5)8(13)12-11/h1-4H,11H2,(H3,9,10)(H,12,13). The van der Waals surface area contributed by atoms with Gasteiger partial charge in [0.15, 0.2) is 0 Å². The van der Waals surface area contributed by atoms with Gasteiger partial charge < -0.3 is 5.73 Å². The molecule has 0 bridgehead atoms. The molecule has 0 saturated carbocycles. The first kappa shape index (κ1) is 9.21. The molecule has 0 aliphatic rings. The fourth-order valence-electron chi connectivity index (χ4n) is 0.994. The van der Waals surface area contributed by atoms with Crippen LogP contribution in [0.3, 0.4) is 0 Å². The van der Waals surface area contributed by atoms with Crippen molar-refractivity contribution in [3.8, 4) is 0 Å². The molecule has 68 valence electrons. The van der Waals surface area contributed by atoms with E-state index in [4.69, 9.17) is 17.0 Å². The van der Waals surface area contributed by atoms with Crippen LogP contribution in [0.4, 0.5) is 0 Å². The molecule has 1 aromatic rings. The lowest BCUT2D eigenvalue weighted by Crippen LogP contribution is -2.32. The normalized spacial score (nSPS) is 9.31. The Bertz CT molecular complexity index is 348. The van der Waals surface area contributed by atoms with Crippen molar-refractivity contribution in [1.82, 2.24) is 5.43 Å². The van der Waals surface area contributed by atoms with Crippen LogP contribution >= 0.6 is 0 Å². The zero-order chi connectivity index (χ0) is 9.84. The van der Waals surface area contributed by atoms with Crippen LogP contribution < -0.4 is 17.0 Å². The highest BCUT2D eigenvalue weighted by molar-refractivity contribution is 6.07. The molecular formula is C8H10N4O. The van der Waals surface area contributed by atoms with Gasteiger partial charge in [0.1, 0.15) is 5.84 Å². The number of benzene rings is 1. The summed E-state index contributed by atoms with van der Waals surface area (Å²) in [4.78, 5) is 11.2. The minimum atomic E-state index is -0.453. The molecule has 13 heavy (non-hydrogen) atoms. The molecule has 0 radical (unpaired) electrons. The van der Waals surface area contributed by atoms with Crippen molar-refractivity contribution in [2.75, 3.05) is 0 Å². The van der Waals surface area contributed by atoms with Crippen LogP contribution in [0.25, 0.3) is 0 Å². The number of hydrazine groups is 1. The molecule has 0 aliphatic carbocycles. The Morgan fingerprint density at radius 3 is 2.31 bits per heavy atom. The van der Waals surface area contributed by atoms with Gasteiger partial charge in [-0.2, -0.15) is 0 Å². The van der Waals surface area contributed by atoms with E-state index in [1.807, 2.05) is 5.43 Å². The average Bonchev–Trinajstić information content (AvgIpc) is 2.16. The van der Waals surface area contributed by atoms with Crippen molar-refractivity contribution < 1.29 is 4.79 Å². The molecule has 0 spiro atoms. The lowest BCUT2D eigenvalue weighted by molar-refractivity contribution is 0.0953. The van der Waals surface area contributed by atoms with Gasteiger partial charge in [0.2, 0.25) is 0 Å². The van der Waals surface area contributed by atoms with Crippen LogP contribution in [0.15, 0.2) is 24.3 Å². The highest BCUT2D eigenvalue weighted by Crippen LogP contribution is 2.06. The number of amidine groups is 1. The number of nitrogens with two attached hydrogens (primary N) is 2. The first-order valence-corrected chi connectivity index (χ1v) is 3.61. The third-order valence-corrected chi connectivity index (χ3v) is 1.59. The number of nitrogen functional groups attached to an aromatic ring is 2. The molecule has 5 nitrogen and oxygen atoms in total. The monoisotopic (exact) mass is 178 g/mol. The second-order valence-electron chi connectivity index (χ2n) is 2.43. The zero-order valence-electron chi connectivity index (χ0n) is 6.87. The van der Waals surface area contributed by atoms with Crippen molar-refractivity contribution in [2.24, 2.45) is 11.6 Å². The smallest absolute Gasteiger partial charge is 0.265 e. The van der Waals surface area contributed by atoms with Gasteiger partial charge in [-0.05, 0) is 6.07 Å². The maximum atomic E-state index is 11.2. The van der Waals surface area contributed by atoms with E-state index in [-0.39, 0.29) is 5.84 Å². The highest BCUT2D eigenvalue weighted by atomic mass is 16.2. The lowest BCUT2D eigenvalue weighted by atomic mass is 10.1. The Morgan fingerprint density at radius 2 is 1.85 bits per heavy atom. The molecular weight excluding hydrogens is 168 g/mol. The van der Waals surface area contributed by atoms with Crippen LogP contribution in [0, 0.1) is 5.41 Å². The van der Waals surface area contributed by atoms with E-state index >= 15 is 0 Å². The topological polar surface area (TPSA) is 105 Å². The molecule has 1 rings (SSSR count). The minimum absolute atomic E-state index is 0.154. The second kappa shape index (κ2) is 3.68. The molecule has 0 atom stereocenters. The summed E-state index contributed by atoms with van der Waals surface area (Å²) < 4.78 is 0. The quantitative estimate of drug-likeness (QED) is 0.162. The molecule has 0 fully saturated rings. The number of amides is 1. The highest BCUT2D eigenvalue weighted by Gasteiger charge is 2.10.